The molecule has 3 aromatic rings. The summed E-state index contributed by atoms with van der Waals surface area (Å²) in [6, 6.07) is 24.6. The van der Waals surface area contributed by atoms with E-state index < -0.39 is 0 Å². The third-order valence-corrected chi connectivity index (χ3v) is 5.45. The normalized spacial score (nSPS) is 13.9. The molecule has 3 aromatic carbocycles. The molecule has 1 aliphatic rings. The highest BCUT2D eigenvalue weighted by Crippen LogP contribution is 2.24. The molecule has 5 nitrogen and oxygen atoms in total. The van der Waals surface area contributed by atoms with E-state index in [2.05, 4.69) is 17.4 Å². The molecule has 1 fully saturated rings. The first-order valence-electron chi connectivity index (χ1n) is 10.5. The number of aryl methyl sites for hydroxylation is 2. The van der Waals surface area contributed by atoms with Crippen LogP contribution in [0.5, 0.6) is 0 Å². The minimum Gasteiger partial charge on any atom is -0.322 e. The maximum absolute atomic E-state index is 12.9. The Morgan fingerprint density at radius 1 is 0.774 bits per heavy atom. The summed E-state index contributed by atoms with van der Waals surface area (Å²) in [5, 5.41) is 2.92. The van der Waals surface area contributed by atoms with Gasteiger partial charge in [0.25, 0.3) is 5.91 Å². The number of nitrogens with one attached hydrogen (secondary N) is 1. The second-order valence-corrected chi connectivity index (χ2v) is 7.62. The van der Waals surface area contributed by atoms with Crippen molar-refractivity contribution in [3.8, 4) is 0 Å². The third kappa shape index (κ3) is 4.89. The molecule has 0 saturated carbocycles. The monoisotopic (exact) mass is 412 g/mol. The van der Waals surface area contributed by atoms with E-state index in [9.17, 15) is 14.4 Å². The van der Waals surface area contributed by atoms with Crippen LogP contribution in [0.1, 0.15) is 40.7 Å². The number of imide groups is 1. The highest BCUT2D eigenvalue weighted by atomic mass is 16.2. The first kappa shape index (κ1) is 20.5. The molecular weight excluding hydrogens is 388 g/mol. The number of amides is 3. The van der Waals surface area contributed by atoms with Crippen LogP contribution in [-0.2, 0) is 22.4 Å². The first-order valence-corrected chi connectivity index (χ1v) is 10.5. The lowest BCUT2D eigenvalue weighted by atomic mass is 9.99. The summed E-state index contributed by atoms with van der Waals surface area (Å²) in [6.07, 6.45) is 2.99. The summed E-state index contributed by atoms with van der Waals surface area (Å²) in [4.78, 5) is 38.3. The van der Waals surface area contributed by atoms with Crippen LogP contribution in [0.25, 0.3) is 0 Å². The lowest BCUT2D eigenvalue weighted by Gasteiger charge is -2.25. The molecule has 5 heteroatoms. The summed E-state index contributed by atoms with van der Waals surface area (Å²) in [5.41, 5.74) is 4.02. The molecule has 0 unspecified atom stereocenters. The highest BCUT2D eigenvalue weighted by Gasteiger charge is 2.27. The first-order chi connectivity index (χ1) is 15.1. The van der Waals surface area contributed by atoms with Crippen molar-refractivity contribution in [2.45, 2.75) is 32.1 Å². The zero-order valence-corrected chi connectivity index (χ0v) is 17.2. The zero-order valence-electron chi connectivity index (χ0n) is 17.2. The average Bonchev–Trinajstić information content (AvgIpc) is 2.79. The molecule has 1 N–H and O–H groups in total. The molecule has 0 aliphatic carbocycles. The maximum Gasteiger partial charge on any atom is 0.255 e. The van der Waals surface area contributed by atoms with E-state index in [1.165, 1.54) is 10.5 Å². The Morgan fingerprint density at radius 3 is 2.13 bits per heavy atom. The Hall–Kier alpha value is -3.73. The molecule has 3 amide bonds. The van der Waals surface area contributed by atoms with Gasteiger partial charge in [0.2, 0.25) is 11.8 Å². The van der Waals surface area contributed by atoms with E-state index in [1.54, 1.807) is 24.3 Å². The molecule has 1 saturated heterocycles. The van der Waals surface area contributed by atoms with Gasteiger partial charge in [0.05, 0.1) is 5.69 Å². The number of carbonyl (C=O) groups excluding carboxylic acids is 3. The predicted molar refractivity (Wildman–Crippen MR) is 121 cm³/mol. The second kappa shape index (κ2) is 9.39. The van der Waals surface area contributed by atoms with Gasteiger partial charge in [-0.1, -0.05) is 48.5 Å². The van der Waals surface area contributed by atoms with Gasteiger partial charge in [-0.25, -0.2) is 0 Å². The molecule has 0 aromatic heterocycles. The van der Waals surface area contributed by atoms with Crippen LogP contribution in [0.4, 0.5) is 11.4 Å². The second-order valence-electron chi connectivity index (χ2n) is 7.62. The summed E-state index contributed by atoms with van der Waals surface area (Å²) >= 11 is 0. The van der Waals surface area contributed by atoms with E-state index >= 15 is 0 Å². The van der Waals surface area contributed by atoms with E-state index in [4.69, 9.17) is 0 Å². The van der Waals surface area contributed by atoms with Crippen molar-refractivity contribution in [3.63, 3.8) is 0 Å². The Bertz CT molecular complexity index is 1080. The van der Waals surface area contributed by atoms with Crippen LogP contribution < -0.4 is 10.2 Å². The minimum atomic E-state index is -0.180. The van der Waals surface area contributed by atoms with Crippen molar-refractivity contribution in [2.75, 3.05) is 10.2 Å². The number of nitrogens with zero attached hydrogens (tertiary/aromatic N) is 1. The number of rotatable bonds is 6. The zero-order chi connectivity index (χ0) is 21.6. The quantitative estimate of drug-likeness (QED) is 0.593. The van der Waals surface area contributed by atoms with E-state index in [1.807, 2.05) is 42.5 Å². The molecule has 156 valence electrons. The molecule has 0 bridgehead atoms. The van der Waals surface area contributed by atoms with Crippen LogP contribution in [0, 0.1) is 0 Å². The van der Waals surface area contributed by atoms with Crippen LogP contribution in [-0.4, -0.2) is 17.7 Å². The fourth-order valence-electron chi connectivity index (χ4n) is 3.82. The van der Waals surface area contributed by atoms with Gasteiger partial charge in [-0.2, -0.15) is 0 Å². The SMILES string of the molecule is O=C(Nc1ccc(N2C(=O)CCCC2=O)cc1)c1ccccc1CCc1ccccc1. The third-order valence-electron chi connectivity index (χ3n) is 5.45. The van der Waals surface area contributed by atoms with E-state index in [0.717, 1.165) is 18.4 Å². The molecule has 31 heavy (non-hydrogen) atoms. The van der Waals surface area contributed by atoms with Gasteiger partial charge >= 0.3 is 0 Å². The molecule has 1 aliphatic heterocycles. The van der Waals surface area contributed by atoms with Crippen molar-refractivity contribution in [3.05, 3.63) is 95.6 Å². The van der Waals surface area contributed by atoms with Gasteiger partial charge in [-0.05, 0) is 60.7 Å². The summed E-state index contributed by atoms with van der Waals surface area (Å²) in [5.74, 6) is -0.540. The van der Waals surface area contributed by atoms with Gasteiger partial charge in [-0.3, -0.25) is 19.3 Å². The molecular formula is C26H24N2O3. The van der Waals surface area contributed by atoms with Crippen LogP contribution in [0.3, 0.4) is 0 Å². The van der Waals surface area contributed by atoms with Gasteiger partial charge in [-0.15, -0.1) is 0 Å². The van der Waals surface area contributed by atoms with Gasteiger partial charge < -0.3 is 5.32 Å². The highest BCUT2D eigenvalue weighted by molar-refractivity contribution is 6.16. The minimum absolute atomic E-state index is 0.179. The summed E-state index contributed by atoms with van der Waals surface area (Å²) in [6.45, 7) is 0. The number of piperidine rings is 1. The Kier molecular flexibility index (Phi) is 6.22. The number of benzene rings is 3. The van der Waals surface area contributed by atoms with Crippen molar-refractivity contribution < 1.29 is 14.4 Å². The van der Waals surface area contributed by atoms with E-state index in [0.29, 0.717) is 36.2 Å². The topological polar surface area (TPSA) is 66.5 Å². The van der Waals surface area contributed by atoms with Crippen LogP contribution in [0.2, 0.25) is 0 Å². The van der Waals surface area contributed by atoms with Crippen molar-refractivity contribution >= 4 is 29.1 Å². The fraction of sp³-hybridized carbons (Fsp3) is 0.192. The van der Waals surface area contributed by atoms with Crippen LogP contribution in [0.15, 0.2) is 78.9 Å². The number of hydrogen-bond donors (Lipinski definition) is 1. The Balaban J connectivity index is 1.45. The lowest BCUT2D eigenvalue weighted by Crippen LogP contribution is -2.40. The number of anilines is 2. The predicted octanol–water partition coefficient (Wildman–Crippen LogP) is 4.77. The van der Waals surface area contributed by atoms with E-state index in [-0.39, 0.29) is 17.7 Å². The summed E-state index contributed by atoms with van der Waals surface area (Å²) < 4.78 is 0. The van der Waals surface area contributed by atoms with Gasteiger partial charge in [0.15, 0.2) is 0 Å². The van der Waals surface area contributed by atoms with Crippen molar-refractivity contribution in [2.24, 2.45) is 0 Å². The van der Waals surface area contributed by atoms with Crippen molar-refractivity contribution in [1.29, 1.82) is 0 Å². The van der Waals surface area contributed by atoms with Gasteiger partial charge in [0, 0.05) is 24.1 Å². The maximum atomic E-state index is 12.9. The number of hydrogen-bond acceptors (Lipinski definition) is 3. The average molecular weight is 412 g/mol. The largest absolute Gasteiger partial charge is 0.322 e. The van der Waals surface area contributed by atoms with Gasteiger partial charge in [0.1, 0.15) is 0 Å². The molecule has 0 spiro atoms. The fourth-order valence-corrected chi connectivity index (χ4v) is 3.82. The summed E-state index contributed by atoms with van der Waals surface area (Å²) in [7, 11) is 0. The van der Waals surface area contributed by atoms with Crippen molar-refractivity contribution in [1.82, 2.24) is 0 Å². The lowest BCUT2D eigenvalue weighted by molar-refractivity contribution is -0.129. The molecule has 0 radical (unpaired) electrons. The Morgan fingerprint density at radius 2 is 1.42 bits per heavy atom. The molecule has 4 rings (SSSR count). The molecule has 0 atom stereocenters. The van der Waals surface area contributed by atoms with Crippen LogP contribution >= 0.6 is 0 Å². The number of carbonyl (C=O) groups is 3. The molecule has 1 heterocycles. The smallest absolute Gasteiger partial charge is 0.255 e. The standard InChI is InChI=1S/C26H24N2O3/c29-24-11-6-12-25(30)28(24)22-17-15-21(16-18-22)27-26(31)23-10-5-4-9-20(23)14-13-19-7-2-1-3-8-19/h1-5,7-10,15-18H,6,11-14H2,(H,27,31). The Labute approximate surface area is 181 Å².